The molecule has 0 radical (unpaired) electrons. The molecule has 4 heteroatoms. The summed E-state index contributed by atoms with van der Waals surface area (Å²) in [5.41, 5.74) is 2.08. The molecule has 0 heterocycles. The molecule has 2 rings (SSSR count). The molecule has 19 heavy (non-hydrogen) atoms. The van der Waals surface area contributed by atoms with E-state index >= 15 is 0 Å². The molecule has 1 N–H and O–H groups in total. The highest BCUT2D eigenvalue weighted by molar-refractivity contribution is 9.10. The average Bonchev–Trinajstić information content (AvgIpc) is 2.42. The van der Waals surface area contributed by atoms with Crippen LogP contribution >= 0.6 is 27.5 Å². The zero-order valence-electron chi connectivity index (χ0n) is 10.8. The van der Waals surface area contributed by atoms with Gasteiger partial charge in [-0.1, -0.05) is 45.7 Å². The van der Waals surface area contributed by atoms with Crippen LogP contribution in [0.4, 0.5) is 0 Å². The van der Waals surface area contributed by atoms with E-state index in [1.165, 1.54) is 0 Å². The maximum absolute atomic E-state index is 6.29. The molecule has 2 aromatic rings. The lowest BCUT2D eigenvalue weighted by Gasteiger charge is -2.21. The highest BCUT2D eigenvalue weighted by Crippen LogP contribution is 2.34. The Hall–Kier alpha value is -1.03. The van der Waals surface area contributed by atoms with Gasteiger partial charge in [-0.2, -0.15) is 0 Å². The second kappa shape index (κ2) is 6.42. The summed E-state index contributed by atoms with van der Waals surface area (Å²) in [6.07, 6.45) is 0. The van der Waals surface area contributed by atoms with Crippen molar-refractivity contribution in [2.45, 2.75) is 6.04 Å². The topological polar surface area (TPSA) is 21.3 Å². The fraction of sp³-hybridized carbons (Fsp3) is 0.200. The van der Waals surface area contributed by atoms with Gasteiger partial charge in [0.15, 0.2) is 0 Å². The third kappa shape index (κ3) is 3.11. The average molecular weight is 341 g/mol. The molecule has 0 aromatic heterocycles. The Kier molecular flexibility index (Phi) is 4.86. The van der Waals surface area contributed by atoms with Gasteiger partial charge in [0.25, 0.3) is 0 Å². The molecule has 2 aromatic carbocycles. The van der Waals surface area contributed by atoms with Crippen LogP contribution < -0.4 is 10.1 Å². The van der Waals surface area contributed by atoms with Crippen molar-refractivity contribution in [2.75, 3.05) is 14.2 Å². The molecular formula is C15H15BrClNO. The van der Waals surface area contributed by atoms with Gasteiger partial charge in [-0.25, -0.2) is 0 Å². The summed E-state index contributed by atoms with van der Waals surface area (Å²) in [5, 5.41) is 4.03. The second-order valence-corrected chi connectivity index (χ2v) is 5.45. The van der Waals surface area contributed by atoms with Gasteiger partial charge in [0.1, 0.15) is 5.75 Å². The minimum atomic E-state index is -0.0128. The van der Waals surface area contributed by atoms with Crippen molar-refractivity contribution in [2.24, 2.45) is 0 Å². The number of hydrogen-bond donors (Lipinski definition) is 1. The van der Waals surface area contributed by atoms with E-state index in [1.54, 1.807) is 7.11 Å². The summed E-state index contributed by atoms with van der Waals surface area (Å²) in [7, 11) is 3.58. The van der Waals surface area contributed by atoms with Crippen LogP contribution in [-0.4, -0.2) is 14.2 Å². The Morgan fingerprint density at radius 2 is 1.89 bits per heavy atom. The number of ether oxygens (including phenoxy) is 1. The number of rotatable bonds is 4. The van der Waals surface area contributed by atoms with Crippen LogP contribution in [0.1, 0.15) is 17.2 Å². The fourth-order valence-electron chi connectivity index (χ4n) is 2.12. The molecule has 0 saturated carbocycles. The van der Waals surface area contributed by atoms with E-state index < -0.39 is 0 Å². The van der Waals surface area contributed by atoms with Crippen LogP contribution in [0, 0.1) is 0 Å². The van der Waals surface area contributed by atoms with E-state index in [0.29, 0.717) is 0 Å². The van der Waals surface area contributed by atoms with Gasteiger partial charge < -0.3 is 10.1 Å². The van der Waals surface area contributed by atoms with Gasteiger partial charge in [0.2, 0.25) is 0 Å². The van der Waals surface area contributed by atoms with Crippen LogP contribution in [0.3, 0.4) is 0 Å². The molecule has 1 unspecified atom stereocenters. The van der Waals surface area contributed by atoms with E-state index in [9.17, 15) is 0 Å². The first-order valence-electron chi connectivity index (χ1n) is 5.92. The smallest absolute Gasteiger partial charge is 0.124 e. The summed E-state index contributed by atoms with van der Waals surface area (Å²) in [4.78, 5) is 0. The first kappa shape index (κ1) is 14.4. The Labute approximate surface area is 126 Å². The van der Waals surface area contributed by atoms with Gasteiger partial charge in [0.05, 0.1) is 13.2 Å². The highest BCUT2D eigenvalue weighted by Gasteiger charge is 2.19. The van der Waals surface area contributed by atoms with Crippen molar-refractivity contribution in [3.05, 3.63) is 63.1 Å². The normalized spacial score (nSPS) is 12.2. The Balaban J connectivity index is 2.54. The van der Waals surface area contributed by atoms with E-state index in [1.807, 2.05) is 49.5 Å². The molecule has 0 aliphatic carbocycles. The molecule has 0 aliphatic heterocycles. The summed E-state index contributed by atoms with van der Waals surface area (Å²) in [6.45, 7) is 0. The molecule has 0 amide bonds. The third-order valence-corrected chi connectivity index (χ3v) is 3.85. The first-order valence-corrected chi connectivity index (χ1v) is 7.09. The lowest BCUT2D eigenvalue weighted by Crippen LogP contribution is -2.18. The van der Waals surface area contributed by atoms with Crippen molar-refractivity contribution in [1.29, 1.82) is 0 Å². The SMILES string of the molecule is CNC(c1ccccc1Cl)c1cc(Br)ccc1OC. The first-order chi connectivity index (χ1) is 9.17. The van der Waals surface area contributed by atoms with Gasteiger partial charge in [-0.3, -0.25) is 0 Å². The number of methoxy groups -OCH3 is 1. The minimum Gasteiger partial charge on any atom is -0.496 e. The predicted molar refractivity (Wildman–Crippen MR) is 83.0 cm³/mol. The molecule has 0 bridgehead atoms. The minimum absolute atomic E-state index is 0.0128. The zero-order valence-corrected chi connectivity index (χ0v) is 13.1. The fourth-order valence-corrected chi connectivity index (χ4v) is 2.74. The quantitative estimate of drug-likeness (QED) is 0.889. The van der Waals surface area contributed by atoms with E-state index in [4.69, 9.17) is 16.3 Å². The number of nitrogens with one attached hydrogen (secondary N) is 1. The van der Waals surface area contributed by atoms with Crippen molar-refractivity contribution in [1.82, 2.24) is 5.32 Å². The van der Waals surface area contributed by atoms with Crippen LogP contribution in [0.2, 0.25) is 5.02 Å². The molecule has 0 spiro atoms. The lowest BCUT2D eigenvalue weighted by molar-refractivity contribution is 0.405. The summed E-state index contributed by atoms with van der Waals surface area (Å²) in [6, 6.07) is 13.8. The maximum Gasteiger partial charge on any atom is 0.124 e. The standard InChI is InChI=1S/C15H15BrClNO/c1-18-15(11-5-3-4-6-13(11)17)12-9-10(16)7-8-14(12)19-2/h3-9,15,18H,1-2H3. The number of halogens is 2. The summed E-state index contributed by atoms with van der Waals surface area (Å²) < 4.78 is 6.45. The number of hydrogen-bond acceptors (Lipinski definition) is 2. The van der Waals surface area contributed by atoms with Crippen LogP contribution in [0.25, 0.3) is 0 Å². The van der Waals surface area contributed by atoms with Gasteiger partial charge in [-0.05, 0) is 36.9 Å². The van der Waals surface area contributed by atoms with E-state index in [0.717, 1.165) is 26.4 Å². The largest absolute Gasteiger partial charge is 0.496 e. The predicted octanol–water partition coefficient (Wildman–Crippen LogP) is 4.42. The highest BCUT2D eigenvalue weighted by atomic mass is 79.9. The van der Waals surface area contributed by atoms with Crippen molar-refractivity contribution in [3.63, 3.8) is 0 Å². The lowest BCUT2D eigenvalue weighted by atomic mass is 9.98. The van der Waals surface area contributed by atoms with Gasteiger partial charge in [0, 0.05) is 15.1 Å². The molecule has 0 fully saturated rings. The van der Waals surface area contributed by atoms with Gasteiger partial charge >= 0.3 is 0 Å². The molecule has 100 valence electrons. The summed E-state index contributed by atoms with van der Waals surface area (Å²) in [5.74, 6) is 0.836. The van der Waals surface area contributed by atoms with Gasteiger partial charge in [-0.15, -0.1) is 0 Å². The second-order valence-electron chi connectivity index (χ2n) is 4.13. The summed E-state index contributed by atoms with van der Waals surface area (Å²) >= 11 is 9.79. The molecule has 2 nitrogen and oxygen atoms in total. The molecular weight excluding hydrogens is 326 g/mol. The van der Waals surface area contributed by atoms with E-state index in [2.05, 4.69) is 21.2 Å². The number of benzene rings is 2. The van der Waals surface area contributed by atoms with Crippen molar-refractivity contribution in [3.8, 4) is 5.75 Å². The van der Waals surface area contributed by atoms with E-state index in [-0.39, 0.29) is 6.04 Å². The zero-order chi connectivity index (χ0) is 13.8. The van der Waals surface area contributed by atoms with Crippen LogP contribution in [-0.2, 0) is 0 Å². The molecule has 0 saturated heterocycles. The Bertz CT molecular complexity index is 574. The molecule has 0 aliphatic rings. The Morgan fingerprint density at radius 3 is 2.53 bits per heavy atom. The monoisotopic (exact) mass is 339 g/mol. The van der Waals surface area contributed by atoms with Crippen LogP contribution in [0.5, 0.6) is 5.75 Å². The van der Waals surface area contributed by atoms with Crippen molar-refractivity contribution < 1.29 is 4.74 Å². The van der Waals surface area contributed by atoms with Crippen molar-refractivity contribution >= 4 is 27.5 Å². The Morgan fingerprint density at radius 1 is 1.16 bits per heavy atom. The molecule has 1 atom stereocenters. The van der Waals surface area contributed by atoms with Crippen LogP contribution in [0.15, 0.2) is 46.9 Å². The third-order valence-electron chi connectivity index (χ3n) is 3.01. The maximum atomic E-state index is 6.29.